The van der Waals surface area contributed by atoms with E-state index in [4.69, 9.17) is 10.2 Å². The van der Waals surface area contributed by atoms with Crippen LogP contribution in [0.25, 0.3) is 11.1 Å². The van der Waals surface area contributed by atoms with Gasteiger partial charge in [0.25, 0.3) is 0 Å². The number of benzene rings is 1. The molecule has 2 aromatic rings. The zero-order valence-electron chi connectivity index (χ0n) is 11.1. The zero-order chi connectivity index (χ0) is 14.1. The minimum absolute atomic E-state index is 0.0379. The number of amides is 1. The summed E-state index contributed by atoms with van der Waals surface area (Å²) in [6, 6.07) is 7.38. The fourth-order valence-electron chi connectivity index (χ4n) is 2.71. The van der Waals surface area contributed by atoms with Gasteiger partial charge in [0.1, 0.15) is 0 Å². The molecule has 0 radical (unpaired) electrons. The van der Waals surface area contributed by atoms with E-state index in [1.165, 1.54) is 0 Å². The molecule has 3 rings (SSSR count). The molecule has 1 aliphatic rings. The Morgan fingerprint density at radius 1 is 1.30 bits per heavy atom. The van der Waals surface area contributed by atoms with Crippen LogP contribution >= 0.6 is 0 Å². The zero-order valence-corrected chi connectivity index (χ0v) is 11.1. The third-order valence-electron chi connectivity index (χ3n) is 3.91. The molecule has 1 saturated heterocycles. The van der Waals surface area contributed by atoms with Crippen molar-refractivity contribution in [3.05, 3.63) is 34.8 Å². The van der Waals surface area contributed by atoms with Crippen molar-refractivity contribution < 1.29 is 9.21 Å². The molecule has 1 aromatic heterocycles. The molecule has 1 aliphatic heterocycles. The third kappa shape index (κ3) is 2.34. The number of rotatable bonds is 3. The predicted molar refractivity (Wildman–Crippen MR) is 74.0 cm³/mol. The molecule has 6 nitrogen and oxygen atoms in total. The summed E-state index contributed by atoms with van der Waals surface area (Å²) in [6.45, 7) is 2.01. The van der Waals surface area contributed by atoms with E-state index in [0.29, 0.717) is 12.3 Å². The Hall–Kier alpha value is -2.08. The van der Waals surface area contributed by atoms with E-state index in [9.17, 15) is 9.59 Å². The van der Waals surface area contributed by atoms with Gasteiger partial charge < -0.3 is 10.2 Å². The normalized spacial score (nSPS) is 17.6. The average Bonchev–Trinajstić information content (AvgIpc) is 2.76. The maximum atomic E-state index is 11.9. The third-order valence-corrected chi connectivity index (χ3v) is 3.91. The molecule has 20 heavy (non-hydrogen) atoms. The summed E-state index contributed by atoms with van der Waals surface area (Å²) in [7, 11) is 0. The molecule has 6 heteroatoms. The van der Waals surface area contributed by atoms with Gasteiger partial charge in [-0.25, -0.2) is 4.79 Å². The number of nitrogens with zero attached hydrogens (tertiary/aromatic N) is 2. The smallest absolute Gasteiger partial charge is 0.408 e. The molecule has 2 heterocycles. The first kappa shape index (κ1) is 12.9. The molecule has 0 aliphatic carbocycles. The quantitative estimate of drug-likeness (QED) is 0.896. The minimum atomic E-state index is -0.344. The number of para-hydroxylation sites is 2. The van der Waals surface area contributed by atoms with Gasteiger partial charge in [0.2, 0.25) is 5.91 Å². The summed E-state index contributed by atoms with van der Waals surface area (Å²) >= 11 is 0. The van der Waals surface area contributed by atoms with Gasteiger partial charge in [-0.3, -0.25) is 14.3 Å². The lowest BCUT2D eigenvalue weighted by molar-refractivity contribution is -0.123. The second kappa shape index (κ2) is 5.13. The highest BCUT2D eigenvalue weighted by Crippen LogP contribution is 2.18. The molecular weight excluding hydrogens is 258 g/mol. The van der Waals surface area contributed by atoms with Crippen molar-refractivity contribution in [2.75, 3.05) is 13.1 Å². The van der Waals surface area contributed by atoms with Crippen LogP contribution in [-0.4, -0.2) is 28.5 Å². The number of carbonyl (C=O) groups is 1. The number of aromatic nitrogens is 1. The highest BCUT2D eigenvalue weighted by atomic mass is 16.4. The number of carbonyl (C=O) groups excluding carboxylic acids is 1. The van der Waals surface area contributed by atoms with Crippen molar-refractivity contribution in [3.8, 4) is 0 Å². The monoisotopic (exact) mass is 275 g/mol. The summed E-state index contributed by atoms with van der Waals surface area (Å²) in [6.07, 6.45) is 1.50. The lowest BCUT2D eigenvalue weighted by atomic mass is 9.97. The molecule has 0 unspecified atom stereocenters. The number of hydrogen-bond donors (Lipinski definition) is 1. The highest BCUT2D eigenvalue weighted by Gasteiger charge is 2.23. The van der Waals surface area contributed by atoms with Gasteiger partial charge in [-0.1, -0.05) is 12.1 Å². The molecule has 0 spiro atoms. The van der Waals surface area contributed by atoms with Crippen LogP contribution in [0.15, 0.2) is 33.5 Å². The molecule has 2 N–H and O–H groups in total. The number of likely N-dealkylation sites (tertiary alicyclic amines) is 1. The summed E-state index contributed by atoms with van der Waals surface area (Å²) in [5.74, 6) is -0.608. The van der Waals surface area contributed by atoms with Gasteiger partial charge >= 0.3 is 5.76 Å². The summed E-state index contributed by atoms with van der Waals surface area (Å²) in [4.78, 5) is 25.2. The Balaban J connectivity index is 1.76. The van der Waals surface area contributed by atoms with Gasteiger partial charge in [-0.05, 0) is 25.0 Å². The summed E-state index contributed by atoms with van der Waals surface area (Å²) in [5.41, 5.74) is 6.72. The standard InChI is InChI=1S/C14H17N3O3/c15-13(18)10-5-7-16(8-6-10)9-17-11-3-1-2-4-12(11)20-14(17)19/h1-4,10H,5-9H2,(H2,15,18). The van der Waals surface area contributed by atoms with Crippen LogP contribution in [0.4, 0.5) is 0 Å². The first-order valence-electron chi connectivity index (χ1n) is 6.75. The topological polar surface area (TPSA) is 81.5 Å². The molecule has 0 atom stereocenters. The summed E-state index contributed by atoms with van der Waals surface area (Å²) in [5, 5.41) is 0. The Morgan fingerprint density at radius 3 is 2.70 bits per heavy atom. The second-order valence-corrected chi connectivity index (χ2v) is 5.20. The van der Waals surface area contributed by atoms with E-state index in [1.807, 2.05) is 18.2 Å². The van der Waals surface area contributed by atoms with Crippen molar-refractivity contribution in [2.24, 2.45) is 11.7 Å². The van der Waals surface area contributed by atoms with Crippen molar-refractivity contribution >= 4 is 17.0 Å². The maximum absolute atomic E-state index is 11.9. The summed E-state index contributed by atoms with van der Waals surface area (Å²) < 4.78 is 6.83. The van der Waals surface area contributed by atoms with Crippen LogP contribution in [0.5, 0.6) is 0 Å². The van der Waals surface area contributed by atoms with Crippen LogP contribution in [-0.2, 0) is 11.5 Å². The predicted octanol–water partition coefficient (Wildman–Crippen LogP) is 0.749. The Bertz CT molecular complexity index is 680. The molecule has 1 aromatic carbocycles. The second-order valence-electron chi connectivity index (χ2n) is 5.20. The number of nitrogens with two attached hydrogens (primary N) is 1. The maximum Gasteiger partial charge on any atom is 0.421 e. The molecule has 106 valence electrons. The molecule has 0 bridgehead atoms. The van der Waals surface area contributed by atoms with E-state index >= 15 is 0 Å². The van der Waals surface area contributed by atoms with Crippen LogP contribution in [0.3, 0.4) is 0 Å². The van der Waals surface area contributed by atoms with Crippen LogP contribution in [0, 0.1) is 5.92 Å². The van der Waals surface area contributed by atoms with Gasteiger partial charge in [0.15, 0.2) is 5.58 Å². The van der Waals surface area contributed by atoms with E-state index < -0.39 is 0 Å². The van der Waals surface area contributed by atoms with E-state index in [1.54, 1.807) is 10.6 Å². The first-order valence-corrected chi connectivity index (χ1v) is 6.75. The van der Waals surface area contributed by atoms with Gasteiger partial charge in [-0.15, -0.1) is 0 Å². The van der Waals surface area contributed by atoms with Gasteiger partial charge in [0, 0.05) is 19.0 Å². The lowest BCUT2D eigenvalue weighted by Gasteiger charge is -2.30. The Labute approximate surface area is 115 Å². The van der Waals surface area contributed by atoms with Gasteiger partial charge in [-0.2, -0.15) is 0 Å². The fraction of sp³-hybridized carbons (Fsp3) is 0.429. The highest BCUT2D eigenvalue weighted by molar-refractivity contribution is 5.76. The SMILES string of the molecule is NC(=O)C1CCN(Cn2c(=O)oc3ccccc32)CC1. The fourth-order valence-corrected chi connectivity index (χ4v) is 2.71. The molecular formula is C14H17N3O3. The average molecular weight is 275 g/mol. The number of oxazole rings is 1. The molecule has 0 saturated carbocycles. The van der Waals surface area contributed by atoms with Crippen molar-refractivity contribution in [1.82, 2.24) is 9.47 Å². The van der Waals surface area contributed by atoms with E-state index in [-0.39, 0.29) is 17.6 Å². The first-order chi connectivity index (χ1) is 9.65. The van der Waals surface area contributed by atoms with Crippen molar-refractivity contribution in [3.63, 3.8) is 0 Å². The number of hydrogen-bond acceptors (Lipinski definition) is 4. The molecule has 1 amide bonds. The van der Waals surface area contributed by atoms with E-state index in [2.05, 4.69) is 4.90 Å². The minimum Gasteiger partial charge on any atom is -0.408 e. The van der Waals surface area contributed by atoms with Crippen LogP contribution in [0.1, 0.15) is 12.8 Å². The van der Waals surface area contributed by atoms with Gasteiger partial charge in [0.05, 0.1) is 12.2 Å². The lowest BCUT2D eigenvalue weighted by Crippen LogP contribution is -2.40. The van der Waals surface area contributed by atoms with Crippen LogP contribution in [0.2, 0.25) is 0 Å². The Kier molecular flexibility index (Phi) is 3.31. The number of primary amides is 1. The number of piperidine rings is 1. The largest absolute Gasteiger partial charge is 0.421 e. The van der Waals surface area contributed by atoms with E-state index in [0.717, 1.165) is 31.4 Å². The molecule has 1 fully saturated rings. The van der Waals surface area contributed by atoms with Crippen molar-refractivity contribution in [1.29, 1.82) is 0 Å². The van der Waals surface area contributed by atoms with Crippen molar-refractivity contribution in [2.45, 2.75) is 19.5 Å². The Morgan fingerprint density at radius 2 is 2.00 bits per heavy atom. The number of fused-ring (bicyclic) bond motifs is 1. The van der Waals surface area contributed by atoms with Crippen LogP contribution < -0.4 is 11.5 Å².